The SMILES string of the molecule is O=C(O)Cc1cccc2c(=O)cc(-c3cc(F)ccc3F)oc12. The lowest BCUT2D eigenvalue weighted by Gasteiger charge is -2.07. The smallest absolute Gasteiger partial charge is 0.307 e. The zero-order chi connectivity index (χ0) is 16.6. The van der Waals surface area contributed by atoms with E-state index < -0.39 is 23.0 Å². The van der Waals surface area contributed by atoms with Gasteiger partial charge in [0.15, 0.2) is 5.43 Å². The van der Waals surface area contributed by atoms with Gasteiger partial charge in [0.25, 0.3) is 0 Å². The highest BCUT2D eigenvalue weighted by molar-refractivity contribution is 5.85. The van der Waals surface area contributed by atoms with Gasteiger partial charge in [0.2, 0.25) is 0 Å². The third kappa shape index (κ3) is 2.83. The number of halogens is 2. The summed E-state index contributed by atoms with van der Waals surface area (Å²) in [7, 11) is 0. The maximum atomic E-state index is 13.9. The lowest BCUT2D eigenvalue weighted by Crippen LogP contribution is -2.05. The number of hydrogen-bond donors (Lipinski definition) is 1. The van der Waals surface area contributed by atoms with Crippen molar-refractivity contribution in [1.82, 2.24) is 0 Å². The molecule has 116 valence electrons. The van der Waals surface area contributed by atoms with Gasteiger partial charge in [0, 0.05) is 11.6 Å². The quantitative estimate of drug-likeness (QED) is 0.804. The summed E-state index contributed by atoms with van der Waals surface area (Å²) in [6.45, 7) is 0. The summed E-state index contributed by atoms with van der Waals surface area (Å²) in [4.78, 5) is 23.1. The van der Waals surface area contributed by atoms with E-state index in [0.29, 0.717) is 0 Å². The normalized spacial score (nSPS) is 10.9. The van der Waals surface area contributed by atoms with E-state index >= 15 is 0 Å². The first kappa shape index (κ1) is 14.9. The summed E-state index contributed by atoms with van der Waals surface area (Å²) in [5.74, 6) is -2.67. The Kier molecular flexibility index (Phi) is 3.65. The van der Waals surface area contributed by atoms with E-state index in [-0.39, 0.29) is 34.3 Å². The summed E-state index contributed by atoms with van der Waals surface area (Å²) < 4.78 is 32.7. The van der Waals surface area contributed by atoms with Crippen LogP contribution < -0.4 is 5.43 Å². The van der Waals surface area contributed by atoms with Crippen molar-refractivity contribution in [2.24, 2.45) is 0 Å². The molecule has 0 aliphatic carbocycles. The average Bonchev–Trinajstić information content (AvgIpc) is 2.50. The van der Waals surface area contributed by atoms with Crippen LogP contribution in [-0.4, -0.2) is 11.1 Å². The van der Waals surface area contributed by atoms with Gasteiger partial charge in [0.1, 0.15) is 23.0 Å². The Morgan fingerprint density at radius 1 is 1.13 bits per heavy atom. The van der Waals surface area contributed by atoms with Gasteiger partial charge < -0.3 is 9.52 Å². The second-order valence-corrected chi connectivity index (χ2v) is 4.96. The summed E-state index contributed by atoms with van der Waals surface area (Å²) in [6, 6.07) is 8.39. The van der Waals surface area contributed by atoms with Gasteiger partial charge >= 0.3 is 5.97 Å². The van der Waals surface area contributed by atoms with Gasteiger partial charge in [-0.05, 0) is 24.3 Å². The number of hydrogen-bond acceptors (Lipinski definition) is 3. The summed E-state index contributed by atoms with van der Waals surface area (Å²) in [5, 5.41) is 9.12. The van der Waals surface area contributed by atoms with Crippen LogP contribution in [-0.2, 0) is 11.2 Å². The molecule has 0 bridgehead atoms. The molecule has 0 fully saturated rings. The molecule has 1 N–H and O–H groups in total. The van der Waals surface area contributed by atoms with Crippen LogP contribution in [0.3, 0.4) is 0 Å². The molecule has 0 aliphatic heterocycles. The standard InChI is InChI=1S/C17H10F2O4/c18-10-4-5-13(19)12(7-10)15-8-14(20)11-3-1-2-9(6-16(21)22)17(11)23-15/h1-5,7-8H,6H2,(H,21,22). The minimum Gasteiger partial charge on any atom is -0.481 e. The number of fused-ring (bicyclic) bond motifs is 1. The minimum atomic E-state index is -1.09. The van der Waals surface area contributed by atoms with Crippen molar-refractivity contribution < 1.29 is 23.1 Å². The predicted molar refractivity (Wildman–Crippen MR) is 79.2 cm³/mol. The molecule has 0 saturated heterocycles. The van der Waals surface area contributed by atoms with Gasteiger partial charge in [-0.25, -0.2) is 8.78 Å². The first-order valence-electron chi connectivity index (χ1n) is 6.68. The van der Waals surface area contributed by atoms with Crippen molar-refractivity contribution in [3.63, 3.8) is 0 Å². The van der Waals surface area contributed by atoms with Crippen molar-refractivity contribution in [2.45, 2.75) is 6.42 Å². The van der Waals surface area contributed by atoms with Gasteiger partial charge in [-0.3, -0.25) is 9.59 Å². The number of carboxylic acids is 1. The van der Waals surface area contributed by atoms with Crippen LogP contribution in [0.2, 0.25) is 0 Å². The Morgan fingerprint density at radius 3 is 2.65 bits per heavy atom. The van der Waals surface area contributed by atoms with Crippen LogP contribution in [0.4, 0.5) is 8.78 Å². The topological polar surface area (TPSA) is 67.5 Å². The van der Waals surface area contributed by atoms with Gasteiger partial charge in [-0.15, -0.1) is 0 Å². The van der Waals surface area contributed by atoms with E-state index in [1.807, 2.05) is 0 Å². The number of benzene rings is 2. The Balaban J connectivity index is 2.30. The molecule has 0 unspecified atom stereocenters. The summed E-state index contributed by atoms with van der Waals surface area (Å²) in [6.07, 6.45) is -0.352. The van der Waals surface area contributed by atoms with Crippen LogP contribution in [0.5, 0.6) is 0 Å². The molecular formula is C17H10F2O4. The first-order chi connectivity index (χ1) is 11.0. The Hall–Kier alpha value is -3.02. The molecule has 6 heteroatoms. The molecule has 0 aliphatic rings. The van der Waals surface area contributed by atoms with Crippen molar-refractivity contribution in [3.8, 4) is 11.3 Å². The van der Waals surface area contributed by atoms with Crippen LogP contribution in [0, 0.1) is 11.6 Å². The molecule has 0 amide bonds. The highest BCUT2D eigenvalue weighted by atomic mass is 19.1. The van der Waals surface area contributed by atoms with Crippen LogP contribution >= 0.6 is 0 Å². The number of para-hydroxylation sites is 1. The van der Waals surface area contributed by atoms with Crippen molar-refractivity contribution in [2.75, 3.05) is 0 Å². The number of aliphatic carboxylic acids is 1. The molecule has 1 heterocycles. The second-order valence-electron chi connectivity index (χ2n) is 4.96. The lowest BCUT2D eigenvalue weighted by molar-refractivity contribution is -0.136. The molecule has 0 radical (unpaired) electrons. The number of carboxylic acid groups (broad SMARTS) is 1. The third-order valence-corrected chi connectivity index (χ3v) is 3.37. The fourth-order valence-electron chi connectivity index (χ4n) is 2.36. The van der Waals surface area contributed by atoms with Gasteiger partial charge in [0.05, 0.1) is 17.4 Å². The fourth-order valence-corrected chi connectivity index (χ4v) is 2.36. The molecule has 2 aromatic carbocycles. The molecule has 1 aromatic heterocycles. The van der Waals surface area contributed by atoms with Crippen LogP contribution in [0.1, 0.15) is 5.56 Å². The molecule has 0 atom stereocenters. The van der Waals surface area contributed by atoms with E-state index in [0.717, 1.165) is 24.3 Å². The van der Waals surface area contributed by atoms with Crippen LogP contribution in [0.15, 0.2) is 51.7 Å². The zero-order valence-corrected chi connectivity index (χ0v) is 11.7. The Bertz CT molecular complexity index is 976. The maximum absolute atomic E-state index is 13.9. The number of rotatable bonds is 3. The van der Waals surface area contributed by atoms with Crippen molar-refractivity contribution in [1.29, 1.82) is 0 Å². The lowest BCUT2D eigenvalue weighted by atomic mass is 10.1. The summed E-state index contributed by atoms with van der Waals surface area (Å²) in [5.41, 5.74) is -0.321. The first-order valence-corrected chi connectivity index (χ1v) is 6.68. The van der Waals surface area contributed by atoms with E-state index in [9.17, 15) is 18.4 Å². The molecule has 3 aromatic rings. The summed E-state index contributed by atoms with van der Waals surface area (Å²) >= 11 is 0. The molecule has 0 saturated carbocycles. The van der Waals surface area contributed by atoms with Gasteiger partial charge in [-0.1, -0.05) is 12.1 Å². The number of carbonyl (C=O) groups is 1. The third-order valence-electron chi connectivity index (χ3n) is 3.37. The molecular weight excluding hydrogens is 306 g/mol. The largest absolute Gasteiger partial charge is 0.481 e. The zero-order valence-electron chi connectivity index (χ0n) is 11.7. The Morgan fingerprint density at radius 2 is 1.91 bits per heavy atom. The second kappa shape index (κ2) is 5.64. The Labute approximate surface area is 128 Å². The minimum absolute atomic E-state index is 0.0565. The highest BCUT2D eigenvalue weighted by Crippen LogP contribution is 2.27. The maximum Gasteiger partial charge on any atom is 0.307 e. The van der Waals surface area contributed by atoms with E-state index in [2.05, 4.69) is 0 Å². The molecule has 23 heavy (non-hydrogen) atoms. The highest BCUT2D eigenvalue weighted by Gasteiger charge is 2.15. The fraction of sp³-hybridized carbons (Fsp3) is 0.0588. The van der Waals surface area contributed by atoms with Crippen molar-refractivity contribution in [3.05, 3.63) is 69.9 Å². The van der Waals surface area contributed by atoms with Gasteiger partial charge in [-0.2, -0.15) is 0 Å². The molecule has 3 rings (SSSR count). The molecule has 4 nitrogen and oxygen atoms in total. The average molecular weight is 316 g/mol. The van der Waals surface area contributed by atoms with E-state index in [1.165, 1.54) is 12.1 Å². The monoisotopic (exact) mass is 316 g/mol. The van der Waals surface area contributed by atoms with E-state index in [4.69, 9.17) is 9.52 Å². The van der Waals surface area contributed by atoms with E-state index in [1.54, 1.807) is 6.07 Å². The predicted octanol–water partition coefficient (Wildman–Crippen LogP) is 3.37. The van der Waals surface area contributed by atoms with Crippen LogP contribution in [0.25, 0.3) is 22.3 Å². The van der Waals surface area contributed by atoms with Crippen molar-refractivity contribution >= 4 is 16.9 Å². The molecule has 0 spiro atoms.